The average molecular weight is 436 g/mol. The number of carbonyl (C=O) groups is 1. The van der Waals surface area contributed by atoms with Gasteiger partial charge < -0.3 is 10.6 Å². The molecule has 2 aliphatic rings. The van der Waals surface area contributed by atoms with Crippen LogP contribution in [-0.2, 0) is 6.54 Å². The minimum Gasteiger partial charge on any atom is -0.339 e. The van der Waals surface area contributed by atoms with Gasteiger partial charge in [0.2, 0.25) is 5.95 Å². The summed E-state index contributed by atoms with van der Waals surface area (Å²) in [4.78, 5) is 30.2. The Hall–Kier alpha value is -3.46. The van der Waals surface area contributed by atoms with Crippen LogP contribution in [0.2, 0.25) is 0 Å². The largest absolute Gasteiger partial charge is 0.339 e. The lowest BCUT2D eigenvalue weighted by Crippen LogP contribution is -2.29. The highest BCUT2D eigenvalue weighted by Crippen LogP contribution is 2.36. The predicted molar refractivity (Wildman–Crippen MR) is 116 cm³/mol. The molecule has 9 heteroatoms. The third-order valence-electron chi connectivity index (χ3n) is 6.05. The monoisotopic (exact) mass is 436 g/mol. The van der Waals surface area contributed by atoms with Gasteiger partial charge in [0.15, 0.2) is 0 Å². The Labute approximate surface area is 183 Å². The summed E-state index contributed by atoms with van der Waals surface area (Å²) in [5.74, 6) is -0.387. The summed E-state index contributed by atoms with van der Waals surface area (Å²) in [6, 6.07) is 5.57. The van der Waals surface area contributed by atoms with Crippen LogP contribution in [0.25, 0.3) is 11.3 Å². The van der Waals surface area contributed by atoms with E-state index in [0.717, 1.165) is 30.8 Å². The Morgan fingerprint density at radius 3 is 2.66 bits per heavy atom. The number of hydrogen-bond acceptors (Lipinski definition) is 6. The molecule has 3 aromatic rings. The molecule has 5 rings (SSSR count). The Balaban J connectivity index is 1.56. The van der Waals surface area contributed by atoms with Gasteiger partial charge in [-0.15, -0.1) is 0 Å². The number of benzene rings is 1. The topological polar surface area (TPSA) is 88.2 Å². The molecular weight excluding hydrogens is 414 g/mol. The first kappa shape index (κ1) is 20.4. The van der Waals surface area contributed by atoms with Crippen molar-refractivity contribution in [3.05, 3.63) is 64.5 Å². The number of aryl methyl sites for hydroxylation is 1. The van der Waals surface area contributed by atoms with E-state index in [1.807, 2.05) is 11.8 Å². The standard InChI is InChI=1S/C23H22F2N6O/c1-12-9-19(29-23(28-12)30-8-6-14(26)10-30)31-11-16-15(22(31)32)5-7-27-21(16)20-13(2)17(24)3-4-18(20)25/h3-5,7,9,14H,6,8,10-11,26H2,1-2H3. The van der Waals surface area contributed by atoms with Crippen molar-refractivity contribution in [2.75, 3.05) is 22.9 Å². The second-order valence-corrected chi connectivity index (χ2v) is 8.27. The van der Waals surface area contributed by atoms with Gasteiger partial charge in [-0.3, -0.25) is 14.7 Å². The smallest absolute Gasteiger partial charge is 0.260 e. The van der Waals surface area contributed by atoms with Crippen LogP contribution in [0.3, 0.4) is 0 Å². The van der Waals surface area contributed by atoms with Gasteiger partial charge in [-0.2, -0.15) is 4.98 Å². The van der Waals surface area contributed by atoms with E-state index in [-0.39, 0.29) is 35.3 Å². The number of rotatable bonds is 3. The molecule has 7 nitrogen and oxygen atoms in total. The van der Waals surface area contributed by atoms with Gasteiger partial charge in [-0.05, 0) is 44.0 Å². The van der Waals surface area contributed by atoms with Crippen LogP contribution in [0.5, 0.6) is 0 Å². The predicted octanol–water partition coefficient (Wildman–Crippen LogP) is 3.13. The van der Waals surface area contributed by atoms with E-state index < -0.39 is 11.6 Å². The molecule has 1 unspecified atom stereocenters. The Morgan fingerprint density at radius 1 is 1.12 bits per heavy atom. The fraction of sp³-hybridized carbons (Fsp3) is 0.304. The maximum absolute atomic E-state index is 14.7. The highest BCUT2D eigenvalue weighted by Gasteiger charge is 2.34. The van der Waals surface area contributed by atoms with E-state index in [0.29, 0.717) is 29.4 Å². The SMILES string of the molecule is Cc1cc(N2Cc3c(ccnc3-c3c(F)ccc(F)c3C)C2=O)nc(N2CCC(N)C2)n1. The summed E-state index contributed by atoms with van der Waals surface area (Å²) in [6.07, 6.45) is 2.30. The number of carbonyl (C=O) groups excluding carboxylic acids is 1. The zero-order chi connectivity index (χ0) is 22.6. The number of halogens is 2. The molecule has 32 heavy (non-hydrogen) atoms. The number of fused-ring (bicyclic) bond motifs is 1. The van der Waals surface area contributed by atoms with E-state index in [9.17, 15) is 13.6 Å². The molecule has 2 aliphatic heterocycles. The number of nitrogens with zero attached hydrogens (tertiary/aromatic N) is 5. The second kappa shape index (κ2) is 7.59. The first-order chi connectivity index (χ1) is 15.3. The van der Waals surface area contributed by atoms with Crippen molar-refractivity contribution in [3.8, 4) is 11.3 Å². The number of pyridine rings is 1. The lowest BCUT2D eigenvalue weighted by Gasteiger charge is -2.20. The molecule has 1 fully saturated rings. The van der Waals surface area contributed by atoms with Crippen LogP contribution in [-0.4, -0.2) is 40.0 Å². The van der Waals surface area contributed by atoms with Crippen molar-refractivity contribution in [1.29, 1.82) is 0 Å². The van der Waals surface area contributed by atoms with Crippen LogP contribution in [0.15, 0.2) is 30.5 Å². The number of anilines is 2. The van der Waals surface area contributed by atoms with Gasteiger partial charge in [-0.1, -0.05) is 0 Å². The molecule has 164 valence electrons. The fourth-order valence-corrected chi connectivity index (χ4v) is 4.36. The third-order valence-corrected chi connectivity index (χ3v) is 6.05. The molecule has 2 N–H and O–H groups in total. The van der Waals surface area contributed by atoms with Crippen LogP contribution in [0.4, 0.5) is 20.5 Å². The zero-order valence-electron chi connectivity index (χ0n) is 17.8. The number of amides is 1. The van der Waals surface area contributed by atoms with E-state index in [1.165, 1.54) is 18.0 Å². The summed E-state index contributed by atoms with van der Waals surface area (Å²) < 4.78 is 28.8. The van der Waals surface area contributed by atoms with Crippen LogP contribution >= 0.6 is 0 Å². The molecular formula is C23H22F2N6O. The quantitative estimate of drug-likeness (QED) is 0.679. The Bertz CT molecular complexity index is 1250. The minimum absolute atomic E-state index is 0.0678. The molecule has 1 saturated heterocycles. The lowest BCUT2D eigenvalue weighted by atomic mass is 9.98. The molecule has 4 heterocycles. The van der Waals surface area contributed by atoms with Gasteiger partial charge in [0.25, 0.3) is 5.91 Å². The fourth-order valence-electron chi connectivity index (χ4n) is 4.36. The summed E-state index contributed by atoms with van der Waals surface area (Å²) >= 11 is 0. The first-order valence-electron chi connectivity index (χ1n) is 10.4. The summed E-state index contributed by atoms with van der Waals surface area (Å²) in [5.41, 5.74) is 8.19. The van der Waals surface area contributed by atoms with Crippen LogP contribution < -0.4 is 15.5 Å². The Morgan fingerprint density at radius 2 is 1.91 bits per heavy atom. The molecule has 2 aromatic heterocycles. The lowest BCUT2D eigenvalue weighted by molar-refractivity contribution is 0.0996. The molecule has 0 aliphatic carbocycles. The molecule has 0 bridgehead atoms. The van der Waals surface area contributed by atoms with E-state index in [1.54, 1.807) is 12.1 Å². The van der Waals surface area contributed by atoms with Crippen molar-refractivity contribution in [2.24, 2.45) is 5.73 Å². The summed E-state index contributed by atoms with van der Waals surface area (Å²) in [5, 5.41) is 0. The molecule has 1 aromatic carbocycles. The third kappa shape index (κ3) is 3.29. The van der Waals surface area contributed by atoms with Gasteiger partial charge >= 0.3 is 0 Å². The maximum Gasteiger partial charge on any atom is 0.260 e. The molecule has 0 saturated carbocycles. The van der Waals surface area contributed by atoms with Gasteiger partial charge in [0.05, 0.1) is 12.2 Å². The first-order valence-corrected chi connectivity index (χ1v) is 10.4. The second-order valence-electron chi connectivity index (χ2n) is 8.27. The van der Waals surface area contributed by atoms with E-state index in [2.05, 4.69) is 15.0 Å². The van der Waals surface area contributed by atoms with Crippen LogP contribution in [0, 0.1) is 25.5 Å². The van der Waals surface area contributed by atoms with E-state index in [4.69, 9.17) is 5.73 Å². The van der Waals surface area contributed by atoms with Gasteiger partial charge in [0.1, 0.15) is 17.5 Å². The Kier molecular flexibility index (Phi) is 4.85. The number of nitrogens with two attached hydrogens (primary N) is 1. The molecule has 0 radical (unpaired) electrons. The highest BCUT2D eigenvalue weighted by atomic mass is 19.1. The summed E-state index contributed by atoms with van der Waals surface area (Å²) in [6.45, 7) is 4.91. The molecule has 1 amide bonds. The maximum atomic E-state index is 14.7. The number of aromatic nitrogens is 3. The van der Waals surface area contributed by atoms with Crippen molar-refractivity contribution in [3.63, 3.8) is 0 Å². The summed E-state index contributed by atoms with van der Waals surface area (Å²) in [7, 11) is 0. The minimum atomic E-state index is -0.582. The van der Waals surface area contributed by atoms with Crippen molar-refractivity contribution in [2.45, 2.75) is 32.9 Å². The van der Waals surface area contributed by atoms with E-state index >= 15 is 0 Å². The van der Waals surface area contributed by atoms with Crippen molar-refractivity contribution in [1.82, 2.24) is 15.0 Å². The van der Waals surface area contributed by atoms with Crippen molar-refractivity contribution >= 4 is 17.7 Å². The molecule has 1 atom stereocenters. The zero-order valence-corrected chi connectivity index (χ0v) is 17.8. The highest BCUT2D eigenvalue weighted by molar-refractivity contribution is 6.10. The van der Waals surface area contributed by atoms with Gasteiger partial charge in [-0.25, -0.2) is 13.8 Å². The van der Waals surface area contributed by atoms with Gasteiger partial charge in [0, 0.05) is 53.8 Å². The number of hydrogen-bond donors (Lipinski definition) is 1. The molecule has 0 spiro atoms. The average Bonchev–Trinajstić information content (AvgIpc) is 3.35. The van der Waals surface area contributed by atoms with Crippen LogP contribution in [0.1, 0.15) is 33.6 Å². The normalized spacial score (nSPS) is 17.9. The van der Waals surface area contributed by atoms with Crippen molar-refractivity contribution < 1.29 is 13.6 Å².